The molecule has 2 rings (SSSR count). The van der Waals surface area contributed by atoms with Crippen LogP contribution >= 0.6 is 0 Å². The molecule has 0 spiro atoms. The van der Waals surface area contributed by atoms with Gasteiger partial charge < -0.3 is 13.9 Å². The molecular formula is C23H36O5Si. The molecule has 0 amide bonds. The molecule has 3 atom stereocenters. The average Bonchev–Trinajstić information content (AvgIpc) is 2.61. The molecule has 1 aliphatic rings. The number of ether oxygens (including phenoxy) is 2. The highest BCUT2D eigenvalue weighted by Gasteiger charge is 2.45. The summed E-state index contributed by atoms with van der Waals surface area (Å²) in [7, 11) is -2.11. The predicted molar refractivity (Wildman–Crippen MR) is 116 cm³/mol. The van der Waals surface area contributed by atoms with Crippen LogP contribution in [0.15, 0.2) is 30.3 Å². The molecule has 0 radical (unpaired) electrons. The van der Waals surface area contributed by atoms with Crippen LogP contribution in [0, 0.1) is 0 Å². The minimum absolute atomic E-state index is 0.0301. The third-order valence-corrected chi connectivity index (χ3v) is 10.4. The van der Waals surface area contributed by atoms with Gasteiger partial charge in [-0.15, -0.1) is 0 Å². The molecule has 162 valence electrons. The van der Waals surface area contributed by atoms with E-state index in [1.54, 1.807) is 0 Å². The summed E-state index contributed by atoms with van der Waals surface area (Å²) in [5.41, 5.74) is 1.11. The second kappa shape index (κ2) is 10.0. The van der Waals surface area contributed by atoms with E-state index in [-0.39, 0.29) is 35.6 Å². The summed E-state index contributed by atoms with van der Waals surface area (Å²) in [5.74, 6) is -0.667. The van der Waals surface area contributed by atoms with Gasteiger partial charge in [-0.05, 0) is 49.9 Å². The number of hydrogen-bond acceptors (Lipinski definition) is 5. The normalized spacial score (nSPS) is 22.9. The number of carbonyl (C=O) groups is 2. The quantitative estimate of drug-likeness (QED) is 0.335. The Hall–Kier alpha value is -1.50. The van der Waals surface area contributed by atoms with E-state index in [4.69, 9.17) is 13.9 Å². The fourth-order valence-electron chi connectivity index (χ4n) is 3.25. The Balaban J connectivity index is 2.17. The Morgan fingerprint density at radius 1 is 1.07 bits per heavy atom. The molecule has 1 aromatic carbocycles. The van der Waals surface area contributed by atoms with Gasteiger partial charge in [0.15, 0.2) is 8.32 Å². The number of esters is 1. The van der Waals surface area contributed by atoms with Gasteiger partial charge in [-0.3, -0.25) is 9.59 Å². The lowest BCUT2D eigenvalue weighted by Gasteiger charge is -2.45. The van der Waals surface area contributed by atoms with Crippen LogP contribution in [0.1, 0.15) is 58.9 Å². The lowest BCUT2D eigenvalue weighted by molar-refractivity contribution is -0.168. The SMILES string of the molecule is CC(=O)CC(=O)O[C@@H]1CCC[C@@H](OCc2ccccc2)[C@@H]1O[Si](C)(C)C(C)(C)C. The van der Waals surface area contributed by atoms with Gasteiger partial charge in [0.05, 0.1) is 12.7 Å². The van der Waals surface area contributed by atoms with Crippen LogP contribution in [0.3, 0.4) is 0 Å². The van der Waals surface area contributed by atoms with Crippen molar-refractivity contribution in [3.8, 4) is 0 Å². The van der Waals surface area contributed by atoms with Gasteiger partial charge >= 0.3 is 5.97 Å². The van der Waals surface area contributed by atoms with Crippen molar-refractivity contribution < 1.29 is 23.5 Å². The van der Waals surface area contributed by atoms with E-state index < -0.39 is 14.3 Å². The van der Waals surface area contributed by atoms with Crippen LogP contribution in [0.2, 0.25) is 18.1 Å². The van der Waals surface area contributed by atoms with E-state index in [1.165, 1.54) is 6.92 Å². The molecule has 0 saturated heterocycles. The number of Topliss-reactive ketones (excluding diaryl/α,β-unsaturated/α-hetero) is 1. The number of benzene rings is 1. The fourth-order valence-corrected chi connectivity index (χ4v) is 4.59. The van der Waals surface area contributed by atoms with Crippen LogP contribution in [-0.2, 0) is 30.1 Å². The van der Waals surface area contributed by atoms with Gasteiger partial charge in [0.2, 0.25) is 0 Å². The molecule has 1 saturated carbocycles. The first-order valence-electron chi connectivity index (χ1n) is 10.5. The molecule has 29 heavy (non-hydrogen) atoms. The van der Waals surface area contributed by atoms with Gasteiger partial charge in [0, 0.05) is 0 Å². The molecule has 0 aromatic heterocycles. The van der Waals surface area contributed by atoms with Crippen molar-refractivity contribution >= 4 is 20.1 Å². The first kappa shape index (κ1) is 23.8. The van der Waals surface area contributed by atoms with E-state index in [2.05, 4.69) is 33.9 Å². The summed E-state index contributed by atoms with van der Waals surface area (Å²) >= 11 is 0. The van der Waals surface area contributed by atoms with E-state index in [9.17, 15) is 9.59 Å². The van der Waals surface area contributed by atoms with Gasteiger partial charge in [-0.2, -0.15) is 0 Å². The average molecular weight is 421 g/mol. The van der Waals surface area contributed by atoms with Gasteiger partial charge in [-0.25, -0.2) is 0 Å². The van der Waals surface area contributed by atoms with Crippen molar-refractivity contribution in [1.29, 1.82) is 0 Å². The standard InChI is InChI=1S/C23H36O5Si/c1-17(24)15-21(25)27-20-14-10-13-19(26-16-18-11-8-7-9-12-18)22(20)28-29(5,6)23(2,3)4/h7-9,11-12,19-20,22H,10,13-16H2,1-6H3/t19-,20-,22+/m1/s1. The van der Waals surface area contributed by atoms with Gasteiger partial charge in [0.25, 0.3) is 0 Å². The molecule has 0 heterocycles. The maximum absolute atomic E-state index is 12.2. The molecule has 0 N–H and O–H groups in total. The summed E-state index contributed by atoms with van der Waals surface area (Å²) in [6.45, 7) is 12.9. The zero-order valence-corrected chi connectivity index (χ0v) is 19.7. The van der Waals surface area contributed by atoms with Crippen LogP contribution in [-0.4, -0.2) is 38.4 Å². The third kappa shape index (κ3) is 7.05. The minimum atomic E-state index is -2.11. The highest BCUT2D eigenvalue weighted by Crippen LogP contribution is 2.40. The van der Waals surface area contributed by atoms with Crippen molar-refractivity contribution in [3.63, 3.8) is 0 Å². The summed E-state index contributed by atoms with van der Waals surface area (Å²) < 4.78 is 18.7. The smallest absolute Gasteiger partial charge is 0.313 e. The van der Waals surface area contributed by atoms with Crippen LogP contribution in [0.4, 0.5) is 0 Å². The van der Waals surface area contributed by atoms with E-state index in [0.29, 0.717) is 6.61 Å². The predicted octanol–water partition coefficient (Wildman–Crippen LogP) is 5.04. The summed E-state index contributed by atoms with van der Waals surface area (Å²) in [6, 6.07) is 10.1. The molecule has 1 aromatic rings. The Morgan fingerprint density at radius 2 is 1.69 bits per heavy atom. The molecule has 1 aliphatic carbocycles. The molecule has 1 fully saturated rings. The molecule has 0 bridgehead atoms. The first-order chi connectivity index (χ1) is 13.5. The van der Waals surface area contributed by atoms with Crippen LogP contribution in [0.5, 0.6) is 0 Å². The zero-order valence-electron chi connectivity index (χ0n) is 18.7. The largest absolute Gasteiger partial charge is 0.459 e. The maximum Gasteiger partial charge on any atom is 0.313 e. The van der Waals surface area contributed by atoms with Crippen LogP contribution in [0.25, 0.3) is 0 Å². The topological polar surface area (TPSA) is 61.8 Å². The van der Waals surface area contributed by atoms with Crippen molar-refractivity contribution in [2.75, 3.05) is 0 Å². The summed E-state index contributed by atoms with van der Waals surface area (Å²) in [5, 5.41) is 0.0301. The Bertz CT molecular complexity index is 680. The van der Waals surface area contributed by atoms with Crippen molar-refractivity contribution in [3.05, 3.63) is 35.9 Å². The van der Waals surface area contributed by atoms with Crippen molar-refractivity contribution in [2.24, 2.45) is 0 Å². The minimum Gasteiger partial charge on any atom is -0.459 e. The Kier molecular flexibility index (Phi) is 8.20. The van der Waals surface area contributed by atoms with E-state index in [1.807, 2.05) is 30.3 Å². The molecule has 0 aliphatic heterocycles. The molecular weight excluding hydrogens is 384 g/mol. The van der Waals surface area contributed by atoms with Crippen molar-refractivity contribution in [2.45, 2.75) is 96.4 Å². The number of carbonyl (C=O) groups excluding carboxylic acids is 2. The second-order valence-electron chi connectivity index (χ2n) is 9.52. The first-order valence-corrected chi connectivity index (χ1v) is 13.4. The van der Waals surface area contributed by atoms with Gasteiger partial charge in [0.1, 0.15) is 24.4 Å². The van der Waals surface area contributed by atoms with Gasteiger partial charge in [-0.1, -0.05) is 51.1 Å². The Morgan fingerprint density at radius 3 is 2.28 bits per heavy atom. The molecule has 0 unspecified atom stereocenters. The Labute approximate surface area is 176 Å². The van der Waals surface area contributed by atoms with Crippen molar-refractivity contribution in [1.82, 2.24) is 0 Å². The second-order valence-corrected chi connectivity index (χ2v) is 14.3. The molecule has 6 heteroatoms. The lowest BCUT2D eigenvalue weighted by Crippen LogP contribution is -2.54. The maximum atomic E-state index is 12.2. The summed E-state index contributed by atoms with van der Waals surface area (Å²) in [6.07, 6.45) is 1.46. The number of ketones is 1. The monoisotopic (exact) mass is 420 g/mol. The third-order valence-electron chi connectivity index (χ3n) is 5.93. The zero-order chi connectivity index (χ0) is 21.7. The highest BCUT2D eigenvalue weighted by molar-refractivity contribution is 6.74. The highest BCUT2D eigenvalue weighted by atomic mass is 28.4. The fraction of sp³-hybridized carbons (Fsp3) is 0.652. The van der Waals surface area contributed by atoms with E-state index in [0.717, 1.165) is 24.8 Å². The number of rotatable bonds is 8. The molecule has 5 nitrogen and oxygen atoms in total. The summed E-state index contributed by atoms with van der Waals surface area (Å²) in [4.78, 5) is 23.5. The number of hydrogen-bond donors (Lipinski definition) is 0. The van der Waals surface area contributed by atoms with E-state index >= 15 is 0 Å². The van der Waals surface area contributed by atoms with Crippen LogP contribution < -0.4 is 0 Å². The lowest BCUT2D eigenvalue weighted by atomic mass is 9.91.